The van der Waals surface area contributed by atoms with Crippen LogP contribution in [-0.4, -0.2) is 59.7 Å². The average molecular weight is 630 g/mol. The van der Waals surface area contributed by atoms with Gasteiger partial charge in [0.15, 0.2) is 5.03 Å². The standard InChI is InChI=1S/C31H48BN5O6S/c1-20(2)14-27(32-42-26-17-23-16-25(30(23,3)4)31(26,5)43-32)35-28(39)22(12-9-13-34-29(33)36-37(40)41)15-24(38)19-44-18-21-10-7-6-8-11-21/h6-8,10-11,20,22-23,25-27H,9,12-19H2,1-5H3,(H,35,39)(H3,33,34,36)/t22-,23-,25-,26-,27+,31+/m1/s1. The molecule has 3 aliphatic carbocycles. The molecule has 0 spiro atoms. The van der Waals surface area contributed by atoms with Crippen LogP contribution in [-0.2, 0) is 24.7 Å². The van der Waals surface area contributed by atoms with E-state index >= 15 is 0 Å². The molecule has 242 valence electrons. The molecular formula is C31H48BN5O6S. The number of aliphatic imine (C=N–C) groups is 1. The van der Waals surface area contributed by atoms with Gasteiger partial charge < -0.3 is 20.4 Å². The molecule has 6 atom stereocenters. The van der Waals surface area contributed by atoms with E-state index in [-0.39, 0.29) is 59.6 Å². The summed E-state index contributed by atoms with van der Waals surface area (Å²) in [6.07, 6.45) is 3.71. The van der Waals surface area contributed by atoms with Crippen molar-refractivity contribution >= 4 is 36.5 Å². The van der Waals surface area contributed by atoms with Crippen LogP contribution in [0, 0.1) is 39.2 Å². The predicted octanol–water partition coefficient (Wildman–Crippen LogP) is 4.17. The fourth-order valence-electron chi connectivity index (χ4n) is 7.30. The van der Waals surface area contributed by atoms with Crippen molar-refractivity contribution in [2.45, 2.75) is 96.5 Å². The highest BCUT2D eigenvalue weighted by molar-refractivity contribution is 7.99. The van der Waals surface area contributed by atoms with Gasteiger partial charge in [0.2, 0.25) is 5.91 Å². The number of benzene rings is 1. The molecule has 3 saturated carbocycles. The van der Waals surface area contributed by atoms with E-state index in [2.05, 4.69) is 44.9 Å². The third-order valence-corrected chi connectivity index (χ3v) is 10.8. The lowest BCUT2D eigenvalue weighted by molar-refractivity contribution is -0.525. The molecule has 2 bridgehead atoms. The number of carbonyl (C=O) groups is 2. The van der Waals surface area contributed by atoms with Crippen LogP contribution in [0.15, 0.2) is 35.3 Å². The number of amides is 1. The second-order valence-electron chi connectivity index (χ2n) is 13.8. The summed E-state index contributed by atoms with van der Waals surface area (Å²) in [6.45, 7) is 11.2. The summed E-state index contributed by atoms with van der Waals surface area (Å²) >= 11 is 1.53. The molecule has 4 fully saturated rings. The number of rotatable bonds is 16. The number of hydrogen-bond donors (Lipinski definition) is 3. The number of guanidine groups is 1. The maximum absolute atomic E-state index is 13.8. The van der Waals surface area contributed by atoms with Crippen molar-refractivity contribution in [2.75, 3.05) is 12.3 Å². The first-order chi connectivity index (χ1) is 20.8. The topological polar surface area (TPSA) is 158 Å². The van der Waals surface area contributed by atoms with Crippen molar-refractivity contribution < 1.29 is 23.9 Å². The number of nitrogens with one attached hydrogen (secondary N) is 2. The Morgan fingerprint density at radius 1 is 1.23 bits per heavy atom. The van der Waals surface area contributed by atoms with Gasteiger partial charge in [0, 0.05) is 24.6 Å². The van der Waals surface area contributed by atoms with E-state index in [1.54, 1.807) is 0 Å². The Labute approximate surface area is 265 Å². The minimum atomic E-state index is -0.774. The molecule has 1 aromatic rings. The molecular weight excluding hydrogens is 581 g/mol. The molecule has 44 heavy (non-hydrogen) atoms. The average Bonchev–Trinajstić information content (AvgIpc) is 3.31. The molecule has 1 heterocycles. The number of thioether (sulfide) groups is 1. The smallest absolute Gasteiger partial charge is 0.404 e. The van der Waals surface area contributed by atoms with Gasteiger partial charge in [-0.05, 0) is 67.8 Å². The van der Waals surface area contributed by atoms with Gasteiger partial charge in [-0.1, -0.05) is 63.5 Å². The fraction of sp³-hybridized carbons (Fsp3) is 0.710. The van der Waals surface area contributed by atoms with Crippen LogP contribution < -0.4 is 16.5 Å². The highest BCUT2D eigenvalue weighted by atomic mass is 32.2. The SMILES string of the molecule is CC(C)C[C@H](NC(=O)[C@H](CCCN=C(N)N[N+](=O)[O-])CC(=O)CSCc1ccccc1)B1O[C@@H]2C[C@H]3C[C@H](C3(C)C)[C@]2(C)O1. The highest BCUT2D eigenvalue weighted by Crippen LogP contribution is 2.65. The number of nitrogens with two attached hydrogens (primary N) is 1. The maximum atomic E-state index is 13.8. The quantitative estimate of drug-likeness (QED) is 0.0610. The van der Waals surface area contributed by atoms with Gasteiger partial charge in [-0.25, -0.2) is 15.1 Å². The molecule has 1 aliphatic heterocycles. The van der Waals surface area contributed by atoms with E-state index in [1.165, 1.54) is 11.8 Å². The Balaban J connectivity index is 1.40. The summed E-state index contributed by atoms with van der Waals surface area (Å²) in [6, 6.07) is 9.95. The van der Waals surface area contributed by atoms with Crippen LogP contribution in [0.4, 0.5) is 0 Å². The first kappa shape index (κ1) is 34.2. The van der Waals surface area contributed by atoms with Gasteiger partial charge in [0.05, 0.1) is 23.4 Å². The molecule has 1 saturated heterocycles. The largest absolute Gasteiger partial charge is 0.481 e. The second kappa shape index (κ2) is 14.6. The van der Waals surface area contributed by atoms with Crippen LogP contribution in [0.3, 0.4) is 0 Å². The van der Waals surface area contributed by atoms with Gasteiger partial charge in [-0.15, -0.1) is 11.8 Å². The van der Waals surface area contributed by atoms with E-state index in [0.29, 0.717) is 42.6 Å². The Kier molecular flexibility index (Phi) is 11.4. The van der Waals surface area contributed by atoms with Gasteiger partial charge in [0.1, 0.15) is 5.78 Å². The summed E-state index contributed by atoms with van der Waals surface area (Å²) in [5.74, 6) is 0.892. The summed E-state index contributed by atoms with van der Waals surface area (Å²) in [5.41, 5.74) is 8.33. The zero-order valence-electron chi connectivity index (χ0n) is 26.6. The minimum Gasteiger partial charge on any atom is -0.404 e. The van der Waals surface area contributed by atoms with Crippen molar-refractivity contribution in [1.82, 2.24) is 10.7 Å². The molecule has 11 nitrogen and oxygen atoms in total. The molecule has 4 N–H and O–H groups in total. The van der Waals surface area contributed by atoms with Crippen LogP contribution in [0.2, 0.25) is 0 Å². The molecule has 1 amide bonds. The molecule has 13 heteroatoms. The van der Waals surface area contributed by atoms with Gasteiger partial charge >= 0.3 is 7.12 Å². The first-order valence-corrected chi connectivity index (χ1v) is 16.9. The minimum absolute atomic E-state index is 0.00146. The van der Waals surface area contributed by atoms with Crippen LogP contribution in [0.5, 0.6) is 0 Å². The van der Waals surface area contributed by atoms with Gasteiger partial charge in [0.25, 0.3) is 5.96 Å². The Morgan fingerprint density at radius 2 is 1.95 bits per heavy atom. The number of nitro groups is 1. The lowest BCUT2D eigenvalue weighted by Crippen LogP contribution is -2.65. The Morgan fingerprint density at radius 3 is 2.61 bits per heavy atom. The zero-order valence-corrected chi connectivity index (χ0v) is 27.4. The van der Waals surface area contributed by atoms with E-state index in [9.17, 15) is 19.7 Å². The van der Waals surface area contributed by atoms with Crippen LogP contribution >= 0.6 is 11.8 Å². The number of hydrogen-bond acceptors (Lipinski definition) is 8. The summed E-state index contributed by atoms with van der Waals surface area (Å²) in [7, 11) is -0.554. The maximum Gasteiger partial charge on any atom is 0.481 e. The normalized spacial score (nSPS) is 26.8. The highest BCUT2D eigenvalue weighted by Gasteiger charge is 2.68. The molecule has 0 aromatic heterocycles. The summed E-state index contributed by atoms with van der Waals surface area (Å²) < 4.78 is 13.3. The van der Waals surface area contributed by atoms with Crippen molar-refractivity contribution in [3.63, 3.8) is 0 Å². The molecule has 0 radical (unpaired) electrons. The van der Waals surface area contributed by atoms with E-state index < -0.39 is 18.1 Å². The lowest BCUT2D eigenvalue weighted by atomic mass is 9.43. The monoisotopic (exact) mass is 629 g/mol. The van der Waals surface area contributed by atoms with Crippen molar-refractivity contribution in [3.8, 4) is 0 Å². The Hall–Kier alpha value is -2.64. The Bertz CT molecular complexity index is 1200. The fourth-order valence-corrected chi connectivity index (χ4v) is 8.18. The lowest BCUT2D eigenvalue weighted by Gasteiger charge is -2.64. The first-order valence-electron chi connectivity index (χ1n) is 15.8. The predicted molar refractivity (Wildman–Crippen MR) is 173 cm³/mol. The molecule has 4 aliphatic rings. The molecule has 1 aromatic carbocycles. The van der Waals surface area contributed by atoms with Crippen LogP contribution in [0.25, 0.3) is 0 Å². The van der Waals surface area contributed by atoms with E-state index in [4.69, 9.17) is 15.0 Å². The number of carbonyl (C=O) groups excluding carboxylic acids is 2. The van der Waals surface area contributed by atoms with Crippen molar-refractivity contribution in [1.29, 1.82) is 0 Å². The summed E-state index contributed by atoms with van der Waals surface area (Å²) in [4.78, 5) is 41.5. The van der Waals surface area contributed by atoms with E-state index in [1.807, 2.05) is 35.8 Å². The van der Waals surface area contributed by atoms with Crippen molar-refractivity contribution in [2.24, 2.45) is 39.8 Å². The van der Waals surface area contributed by atoms with Crippen molar-refractivity contribution in [3.05, 3.63) is 46.0 Å². The van der Waals surface area contributed by atoms with E-state index in [0.717, 1.165) is 18.4 Å². The number of nitrogens with zero attached hydrogens (tertiary/aromatic N) is 2. The summed E-state index contributed by atoms with van der Waals surface area (Å²) in [5, 5.41) is 13.0. The third kappa shape index (κ3) is 8.34. The number of hydrazine groups is 1. The molecule has 0 unspecified atom stereocenters. The third-order valence-electron chi connectivity index (χ3n) is 9.77. The number of Topliss-reactive ketones (excluding diaryl/α,β-unsaturated/α-hetero) is 1. The van der Waals surface area contributed by atoms with Gasteiger partial charge in [-0.2, -0.15) is 0 Å². The zero-order chi connectivity index (χ0) is 32.1. The number of ketones is 1. The molecule has 5 rings (SSSR count). The van der Waals surface area contributed by atoms with Crippen LogP contribution in [0.1, 0.15) is 78.7 Å². The van der Waals surface area contributed by atoms with Gasteiger partial charge in [-0.3, -0.25) is 9.59 Å². The second-order valence-corrected chi connectivity index (χ2v) is 14.8.